The van der Waals surface area contributed by atoms with Gasteiger partial charge in [0, 0.05) is 28.3 Å². The number of carbonyl (C=O) groups is 2. The molecule has 0 unspecified atom stereocenters. The van der Waals surface area contributed by atoms with Crippen molar-refractivity contribution in [2.24, 2.45) is 0 Å². The quantitative estimate of drug-likeness (QED) is 0.680. The van der Waals surface area contributed by atoms with Crippen molar-refractivity contribution >= 4 is 35.0 Å². The smallest absolute Gasteiger partial charge is 0.288 e. The van der Waals surface area contributed by atoms with E-state index in [-0.39, 0.29) is 11.8 Å². The van der Waals surface area contributed by atoms with Gasteiger partial charge in [-0.25, -0.2) is 0 Å². The van der Waals surface area contributed by atoms with E-state index in [0.717, 1.165) is 6.42 Å². The molecule has 0 atom stereocenters. The summed E-state index contributed by atoms with van der Waals surface area (Å²) in [4.78, 5) is 24.2. The standard InChI is InChI=1S/C18H18F2N2O2S/c1-2-4-16(23)21-13-5-3-6-14(11-13)22-17(24)12-7-9-15(10-8-12)25-18(19)20/h3,5-11,18H,2,4H2,1H3,(H,21,23)(H,22,24). The Morgan fingerprint density at radius 3 is 2.28 bits per heavy atom. The highest BCUT2D eigenvalue weighted by Crippen LogP contribution is 2.25. The highest BCUT2D eigenvalue weighted by atomic mass is 32.2. The third-order valence-electron chi connectivity index (χ3n) is 3.22. The molecule has 2 N–H and O–H groups in total. The van der Waals surface area contributed by atoms with E-state index in [1.807, 2.05) is 6.92 Å². The topological polar surface area (TPSA) is 58.2 Å². The Hall–Kier alpha value is -2.41. The van der Waals surface area contributed by atoms with E-state index in [1.165, 1.54) is 24.3 Å². The van der Waals surface area contributed by atoms with Crippen LogP contribution in [0.25, 0.3) is 0 Å². The van der Waals surface area contributed by atoms with Crippen LogP contribution in [0.1, 0.15) is 30.1 Å². The maximum Gasteiger partial charge on any atom is 0.288 e. The number of carbonyl (C=O) groups excluding carboxylic acids is 2. The first kappa shape index (κ1) is 18.9. The zero-order chi connectivity index (χ0) is 18.2. The number of amides is 2. The summed E-state index contributed by atoms with van der Waals surface area (Å²) in [6, 6.07) is 12.8. The first-order chi connectivity index (χ1) is 12.0. The summed E-state index contributed by atoms with van der Waals surface area (Å²) in [5.41, 5.74) is 1.49. The van der Waals surface area contributed by atoms with Crippen molar-refractivity contribution in [2.75, 3.05) is 10.6 Å². The number of hydrogen-bond acceptors (Lipinski definition) is 3. The predicted molar refractivity (Wildman–Crippen MR) is 96.2 cm³/mol. The van der Waals surface area contributed by atoms with E-state index in [2.05, 4.69) is 10.6 Å². The Bertz CT molecular complexity index is 736. The summed E-state index contributed by atoms with van der Waals surface area (Å²) in [6.45, 7) is 1.92. The fourth-order valence-corrected chi connectivity index (χ4v) is 2.62. The molecule has 2 rings (SSSR count). The number of benzene rings is 2. The molecule has 0 aliphatic heterocycles. The maximum absolute atomic E-state index is 12.3. The fraction of sp³-hybridized carbons (Fsp3) is 0.222. The van der Waals surface area contributed by atoms with E-state index in [1.54, 1.807) is 24.3 Å². The van der Waals surface area contributed by atoms with Gasteiger partial charge in [-0.05, 0) is 48.9 Å². The summed E-state index contributed by atoms with van der Waals surface area (Å²) in [7, 11) is 0. The first-order valence-electron chi connectivity index (χ1n) is 7.74. The van der Waals surface area contributed by atoms with Gasteiger partial charge in [0.15, 0.2) is 0 Å². The normalized spacial score (nSPS) is 10.6. The molecule has 2 amide bonds. The molecule has 0 aliphatic rings. The van der Waals surface area contributed by atoms with Crippen molar-refractivity contribution in [3.05, 3.63) is 54.1 Å². The largest absolute Gasteiger partial charge is 0.326 e. The van der Waals surface area contributed by atoms with Gasteiger partial charge in [-0.15, -0.1) is 0 Å². The van der Waals surface area contributed by atoms with Gasteiger partial charge in [0.05, 0.1) is 0 Å². The second kappa shape index (κ2) is 9.17. The minimum Gasteiger partial charge on any atom is -0.326 e. The van der Waals surface area contributed by atoms with Crippen LogP contribution >= 0.6 is 11.8 Å². The van der Waals surface area contributed by atoms with Crippen LogP contribution in [-0.2, 0) is 4.79 Å². The van der Waals surface area contributed by atoms with Crippen molar-refractivity contribution in [1.29, 1.82) is 0 Å². The van der Waals surface area contributed by atoms with Crippen molar-refractivity contribution in [3.63, 3.8) is 0 Å². The minimum atomic E-state index is -2.50. The van der Waals surface area contributed by atoms with Crippen LogP contribution in [0, 0.1) is 0 Å². The first-order valence-corrected chi connectivity index (χ1v) is 8.62. The molecule has 0 spiro atoms. The highest BCUT2D eigenvalue weighted by molar-refractivity contribution is 7.99. The number of rotatable bonds is 7. The zero-order valence-corrected chi connectivity index (χ0v) is 14.4. The minimum absolute atomic E-state index is 0.0851. The second-order valence-corrected chi connectivity index (χ2v) is 6.30. The van der Waals surface area contributed by atoms with Crippen LogP contribution in [0.15, 0.2) is 53.4 Å². The van der Waals surface area contributed by atoms with E-state index >= 15 is 0 Å². The Balaban J connectivity index is 2.01. The summed E-state index contributed by atoms with van der Waals surface area (Å²) in [5, 5.41) is 5.48. The number of nitrogens with one attached hydrogen (secondary N) is 2. The SMILES string of the molecule is CCCC(=O)Nc1cccc(NC(=O)c2ccc(SC(F)F)cc2)c1. The molecule has 0 aromatic heterocycles. The molecule has 25 heavy (non-hydrogen) atoms. The lowest BCUT2D eigenvalue weighted by atomic mass is 10.2. The van der Waals surface area contributed by atoms with E-state index < -0.39 is 5.76 Å². The number of halogens is 2. The van der Waals surface area contributed by atoms with Gasteiger partial charge in [-0.3, -0.25) is 9.59 Å². The fourth-order valence-electron chi connectivity index (χ4n) is 2.12. The summed E-state index contributed by atoms with van der Waals surface area (Å²) in [6.07, 6.45) is 1.18. The Kier molecular flexibility index (Phi) is 6.94. The van der Waals surface area contributed by atoms with Crippen molar-refractivity contribution in [1.82, 2.24) is 0 Å². The average molecular weight is 364 g/mol. The molecule has 132 valence electrons. The van der Waals surface area contributed by atoms with Crippen LogP contribution in [0.2, 0.25) is 0 Å². The van der Waals surface area contributed by atoms with Crippen LogP contribution in [0.3, 0.4) is 0 Å². The maximum atomic E-state index is 12.3. The molecule has 0 aliphatic carbocycles. The van der Waals surface area contributed by atoms with Crippen molar-refractivity contribution < 1.29 is 18.4 Å². The molecular weight excluding hydrogens is 346 g/mol. The lowest BCUT2D eigenvalue weighted by molar-refractivity contribution is -0.116. The molecule has 0 fully saturated rings. The van der Waals surface area contributed by atoms with Gasteiger partial charge < -0.3 is 10.6 Å². The average Bonchev–Trinajstić information content (AvgIpc) is 2.55. The summed E-state index contributed by atoms with van der Waals surface area (Å²) < 4.78 is 24.6. The Morgan fingerprint density at radius 2 is 1.68 bits per heavy atom. The van der Waals surface area contributed by atoms with E-state index in [9.17, 15) is 18.4 Å². The Morgan fingerprint density at radius 1 is 1.04 bits per heavy atom. The van der Waals surface area contributed by atoms with Gasteiger partial charge in [0.2, 0.25) is 5.91 Å². The molecule has 2 aromatic carbocycles. The van der Waals surface area contributed by atoms with Gasteiger partial charge >= 0.3 is 0 Å². The van der Waals surface area contributed by atoms with Gasteiger partial charge in [-0.2, -0.15) is 8.78 Å². The van der Waals surface area contributed by atoms with Crippen molar-refractivity contribution in [2.45, 2.75) is 30.4 Å². The van der Waals surface area contributed by atoms with Crippen molar-refractivity contribution in [3.8, 4) is 0 Å². The molecule has 2 aromatic rings. The van der Waals surface area contributed by atoms with E-state index in [4.69, 9.17) is 0 Å². The van der Waals surface area contributed by atoms with Gasteiger partial charge in [0.25, 0.3) is 11.7 Å². The zero-order valence-electron chi connectivity index (χ0n) is 13.6. The molecule has 0 heterocycles. The van der Waals surface area contributed by atoms with Crippen LogP contribution in [0.4, 0.5) is 20.2 Å². The molecule has 0 saturated carbocycles. The Labute approximate surface area is 149 Å². The number of anilines is 2. The molecular formula is C18H18F2N2O2S. The number of thioether (sulfide) groups is 1. The lowest BCUT2D eigenvalue weighted by Gasteiger charge is -2.09. The number of hydrogen-bond donors (Lipinski definition) is 2. The van der Waals surface area contributed by atoms with Gasteiger partial charge in [-0.1, -0.05) is 24.8 Å². The molecule has 0 saturated heterocycles. The second-order valence-electron chi connectivity index (χ2n) is 5.24. The lowest BCUT2D eigenvalue weighted by Crippen LogP contribution is -2.13. The van der Waals surface area contributed by atoms with E-state index in [0.29, 0.717) is 40.0 Å². The van der Waals surface area contributed by atoms with Crippen LogP contribution < -0.4 is 10.6 Å². The summed E-state index contributed by atoms with van der Waals surface area (Å²) >= 11 is 0.429. The third kappa shape index (κ3) is 6.19. The monoisotopic (exact) mass is 364 g/mol. The molecule has 0 radical (unpaired) electrons. The molecule has 7 heteroatoms. The predicted octanol–water partition coefficient (Wildman–Crippen LogP) is 4.99. The third-order valence-corrected chi connectivity index (χ3v) is 3.95. The summed E-state index contributed by atoms with van der Waals surface area (Å²) in [5.74, 6) is -2.94. The van der Waals surface area contributed by atoms with Gasteiger partial charge in [0.1, 0.15) is 0 Å². The highest BCUT2D eigenvalue weighted by Gasteiger charge is 2.09. The molecule has 4 nitrogen and oxygen atoms in total. The number of alkyl halides is 2. The van der Waals surface area contributed by atoms with Crippen LogP contribution in [0.5, 0.6) is 0 Å². The van der Waals surface area contributed by atoms with Crippen LogP contribution in [-0.4, -0.2) is 17.6 Å². The molecule has 0 bridgehead atoms.